The van der Waals surface area contributed by atoms with Gasteiger partial charge >= 0.3 is 0 Å². The van der Waals surface area contributed by atoms with Crippen LogP contribution < -0.4 is 10.6 Å². The third kappa shape index (κ3) is 5.58. The molecule has 3 rings (SSSR count). The molecule has 0 spiro atoms. The van der Waals surface area contributed by atoms with Gasteiger partial charge in [0.05, 0.1) is 19.4 Å². The molecule has 2 N–H and O–H groups in total. The largest absolute Gasteiger partial charge is 0.379 e. The molecule has 128 valence electrons. The zero-order valence-electron chi connectivity index (χ0n) is 13.8. The maximum atomic E-state index is 5.36. The molecule has 7 heteroatoms. The second-order valence-corrected chi connectivity index (χ2v) is 6.38. The third-order valence-electron chi connectivity index (χ3n) is 4.59. The standard InChI is InChI=1S/C16H28N6O/c1-2-4-6-14(5-3-1)19-16-20-15(13-18-21-16)17-7-8-22-9-11-23-12-10-22/h13-14H,1-12H2,(H2,17,19,20,21). The molecular weight excluding hydrogens is 292 g/mol. The van der Waals surface area contributed by atoms with E-state index < -0.39 is 0 Å². The van der Waals surface area contributed by atoms with Gasteiger partial charge in [0.1, 0.15) is 0 Å². The Morgan fingerprint density at radius 2 is 1.91 bits per heavy atom. The average Bonchev–Trinajstić information content (AvgIpc) is 2.85. The molecule has 2 aliphatic rings. The van der Waals surface area contributed by atoms with Crippen LogP contribution in [0, 0.1) is 0 Å². The van der Waals surface area contributed by atoms with E-state index in [1.54, 1.807) is 6.20 Å². The van der Waals surface area contributed by atoms with E-state index in [1.165, 1.54) is 38.5 Å². The van der Waals surface area contributed by atoms with Crippen LogP contribution in [0.4, 0.5) is 11.8 Å². The molecule has 2 fully saturated rings. The summed E-state index contributed by atoms with van der Waals surface area (Å²) < 4.78 is 5.36. The first-order valence-corrected chi connectivity index (χ1v) is 8.90. The van der Waals surface area contributed by atoms with E-state index in [9.17, 15) is 0 Å². The van der Waals surface area contributed by atoms with Crippen LogP contribution in [0.2, 0.25) is 0 Å². The predicted molar refractivity (Wildman–Crippen MR) is 90.7 cm³/mol. The summed E-state index contributed by atoms with van der Waals surface area (Å²) in [6, 6.07) is 0.489. The van der Waals surface area contributed by atoms with Gasteiger partial charge in [-0.15, -0.1) is 5.10 Å². The van der Waals surface area contributed by atoms with Crippen LogP contribution in [0.25, 0.3) is 0 Å². The number of morpholine rings is 1. The van der Waals surface area contributed by atoms with E-state index in [0.29, 0.717) is 12.0 Å². The molecule has 0 aromatic carbocycles. The van der Waals surface area contributed by atoms with E-state index in [1.807, 2.05) is 0 Å². The van der Waals surface area contributed by atoms with E-state index >= 15 is 0 Å². The smallest absolute Gasteiger partial charge is 0.244 e. The highest BCUT2D eigenvalue weighted by atomic mass is 16.5. The highest BCUT2D eigenvalue weighted by Crippen LogP contribution is 2.19. The second-order valence-electron chi connectivity index (χ2n) is 6.38. The summed E-state index contributed by atoms with van der Waals surface area (Å²) in [6.45, 7) is 5.56. The number of hydrogen-bond donors (Lipinski definition) is 2. The van der Waals surface area contributed by atoms with Gasteiger partial charge in [0, 0.05) is 32.2 Å². The van der Waals surface area contributed by atoms with Gasteiger partial charge in [-0.05, 0) is 12.8 Å². The molecule has 1 aromatic rings. The zero-order chi connectivity index (χ0) is 15.7. The molecule has 2 heterocycles. The first kappa shape index (κ1) is 16.4. The van der Waals surface area contributed by atoms with E-state index in [4.69, 9.17) is 4.74 Å². The Balaban J connectivity index is 1.44. The number of anilines is 2. The quantitative estimate of drug-likeness (QED) is 0.773. The van der Waals surface area contributed by atoms with Gasteiger partial charge in [0.25, 0.3) is 0 Å². The SMILES string of the molecule is c1nnc(NC2CCCCCC2)nc1NCCN1CCOCC1. The fraction of sp³-hybridized carbons (Fsp3) is 0.812. The first-order valence-electron chi connectivity index (χ1n) is 8.90. The lowest BCUT2D eigenvalue weighted by Gasteiger charge is -2.26. The minimum absolute atomic E-state index is 0.489. The van der Waals surface area contributed by atoms with Gasteiger partial charge in [0.2, 0.25) is 5.95 Å². The Bertz CT molecular complexity index is 458. The van der Waals surface area contributed by atoms with Crippen LogP contribution in [-0.4, -0.2) is 65.5 Å². The Kier molecular flexibility index (Phi) is 6.40. The Morgan fingerprint density at radius 1 is 1.13 bits per heavy atom. The van der Waals surface area contributed by atoms with Gasteiger partial charge in [0.15, 0.2) is 5.82 Å². The van der Waals surface area contributed by atoms with Crippen molar-refractivity contribution in [2.75, 3.05) is 50.0 Å². The molecule has 0 amide bonds. The molecule has 1 aliphatic carbocycles. The van der Waals surface area contributed by atoms with Crippen molar-refractivity contribution in [2.24, 2.45) is 0 Å². The van der Waals surface area contributed by atoms with Gasteiger partial charge in [-0.2, -0.15) is 10.1 Å². The topological polar surface area (TPSA) is 75.2 Å². The van der Waals surface area contributed by atoms with Crippen LogP contribution in [0.3, 0.4) is 0 Å². The lowest BCUT2D eigenvalue weighted by atomic mass is 10.1. The van der Waals surface area contributed by atoms with Gasteiger partial charge in [-0.1, -0.05) is 25.7 Å². The maximum absolute atomic E-state index is 5.36. The van der Waals surface area contributed by atoms with Crippen LogP contribution in [0.1, 0.15) is 38.5 Å². The minimum atomic E-state index is 0.489. The van der Waals surface area contributed by atoms with Gasteiger partial charge in [-0.3, -0.25) is 4.90 Å². The van der Waals surface area contributed by atoms with Crippen molar-refractivity contribution >= 4 is 11.8 Å². The maximum Gasteiger partial charge on any atom is 0.244 e. The van der Waals surface area contributed by atoms with Gasteiger partial charge in [-0.25, -0.2) is 0 Å². The molecule has 1 saturated carbocycles. The molecule has 0 bridgehead atoms. The van der Waals surface area contributed by atoms with Crippen LogP contribution in [-0.2, 0) is 4.74 Å². The second kappa shape index (κ2) is 8.98. The van der Waals surface area contributed by atoms with Crippen molar-refractivity contribution in [3.05, 3.63) is 6.20 Å². The third-order valence-corrected chi connectivity index (χ3v) is 4.59. The van der Waals surface area contributed by atoms with Crippen molar-refractivity contribution in [2.45, 2.75) is 44.6 Å². The lowest BCUT2D eigenvalue weighted by molar-refractivity contribution is 0.0398. The molecular formula is C16H28N6O. The fourth-order valence-corrected chi connectivity index (χ4v) is 3.22. The summed E-state index contributed by atoms with van der Waals surface area (Å²) in [5, 5.41) is 15.0. The highest BCUT2D eigenvalue weighted by molar-refractivity contribution is 5.37. The normalized spacial score (nSPS) is 20.9. The molecule has 7 nitrogen and oxygen atoms in total. The number of hydrogen-bond acceptors (Lipinski definition) is 7. The summed E-state index contributed by atoms with van der Waals surface area (Å²) in [7, 11) is 0. The van der Waals surface area contributed by atoms with Crippen molar-refractivity contribution in [3.8, 4) is 0 Å². The number of ether oxygens (including phenoxy) is 1. The van der Waals surface area contributed by atoms with Gasteiger partial charge < -0.3 is 15.4 Å². The minimum Gasteiger partial charge on any atom is -0.379 e. The Morgan fingerprint density at radius 3 is 2.70 bits per heavy atom. The molecule has 0 unspecified atom stereocenters. The fourth-order valence-electron chi connectivity index (χ4n) is 3.22. The number of nitrogens with one attached hydrogen (secondary N) is 2. The average molecular weight is 320 g/mol. The number of rotatable bonds is 6. The highest BCUT2D eigenvalue weighted by Gasteiger charge is 2.14. The summed E-state index contributed by atoms with van der Waals surface area (Å²) in [4.78, 5) is 6.94. The zero-order valence-corrected chi connectivity index (χ0v) is 13.8. The summed E-state index contributed by atoms with van der Waals surface area (Å²) in [6.07, 6.45) is 9.39. The monoisotopic (exact) mass is 320 g/mol. The van der Waals surface area contributed by atoms with Crippen molar-refractivity contribution in [3.63, 3.8) is 0 Å². The van der Waals surface area contributed by atoms with Crippen molar-refractivity contribution < 1.29 is 4.74 Å². The van der Waals surface area contributed by atoms with Crippen molar-refractivity contribution in [1.29, 1.82) is 0 Å². The molecule has 1 aromatic heterocycles. The van der Waals surface area contributed by atoms with E-state index in [2.05, 4.69) is 30.7 Å². The summed E-state index contributed by atoms with van der Waals surface area (Å²) in [5.41, 5.74) is 0. The predicted octanol–water partition coefficient (Wildman–Crippen LogP) is 1.75. The van der Waals surface area contributed by atoms with E-state index in [0.717, 1.165) is 45.2 Å². The molecule has 0 radical (unpaired) electrons. The first-order chi connectivity index (χ1) is 11.4. The van der Waals surface area contributed by atoms with Crippen LogP contribution in [0.15, 0.2) is 6.20 Å². The van der Waals surface area contributed by atoms with E-state index in [-0.39, 0.29) is 0 Å². The number of nitrogens with zero attached hydrogens (tertiary/aromatic N) is 4. The molecule has 1 aliphatic heterocycles. The number of aromatic nitrogens is 3. The lowest BCUT2D eigenvalue weighted by Crippen LogP contribution is -2.39. The molecule has 23 heavy (non-hydrogen) atoms. The molecule has 0 atom stereocenters. The Hall–Kier alpha value is -1.47. The van der Waals surface area contributed by atoms with Crippen LogP contribution >= 0.6 is 0 Å². The van der Waals surface area contributed by atoms with Crippen molar-refractivity contribution in [1.82, 2.24) is 20.1 Å². The summed E-state index contributed by atoms with van der Waals surface area (Å²) in [5.74, 6) is 1.44. The summed E-state index contributed by atoms with van der Waals surface area (Å²) >= 11 is 0. The van der Waals surface area contributed by atoms with Crippen LogP contribution in [0.5, 0.6) is 0 Å². The molecule has 1 saturated heterocycles. The Labute approximate surface area is 138 Å².